The van der Waals surface area contributed by atoms with E-state index in [2.05, 4.69) is 10.6 Å². The largest absolute Gasteiger partial charge is 0.481 e. The number of carbonyl (C=O) groups is 2. The lowest BCUT2D eigenvalue weighted by Gasteiger charge is -2.16. The SMILES string of the molecule is CCCNC(=O)CNCC(C(=O)O)C(F)(F)F. The third-order valence-electron chi connectivity index (χ3n) is 1.90. The molecule has 0 fully saturated rings. The Bertz CT molecular complexity index is 269. The number of carbonyl (C=O) groups excluding carboxylic acids is 1. The number of carboxylic acids is 1. The topological polar surface area (TPSA) is 78.4 Å². The van der Waals surface area contributed by atoms with Crippen molar-refractivity contribution in [2.75, 3.05) is 19.6 Å². The highest BCUT2D eigenvalue weighted by atomic mass is 19.4. The molecule has 0 aromatic rings. The highest BCUT2D eigenvalue weighted by Crippen LogP contribution is 2.25. The molecule has 0 aliphatic rings. The number of rotatable bonds is 7. The van der Waals surface area contributed by atoms with Gasteiger partial charge in [-0.05, 0) is 6.42 Å². The second-order valence-corrected chi connectivity index (χ2v) is 3.41. The molecular weight excluding hydrogens is 241 g/mol. The lowest BCUT2D eigenvalue weighted by molar-refractivity contribution is -0.192. The maximum Gasteiger partial charge on any atom is 0.403 e. The monoisotopic (exact) mass is 256 g/mol. The Kier molecular flexibility index (Phi) is 6.55. The van der Waals surface area contributed by atoms with Gasteiger partial charge < -0.3 is 15.7 Å². The third-order valence-corrected chi connectivity index (χ3v) is 1.90. The van der Waals surface area contributed by atoms with E-state index in [1.165, 1.54) is 0 Å². The zero-order valence-corrected chi connectivity index (χ0v) is 9.30. The molecule has 8 heteroatoms. The first-order valence-corrected chi connectivity index (χ1v) is 5.06. The summed E-state index contributed by atoms with van der Waals surface area (Å²) < 4.78 is 36.5. The molecule has 0 aromatic carbocycles. The summed E-state index contributed by atoms with van der Waals surface area (Å²) in [6.45, 7) is 1.11. The molecule has 1 unspecified atom stereocenters. The van der Waals surface area contributed by atoms with Crippen molar-refractivity contribution in [3.63, 3.8) is 0 Å². The lowest BCUT2D eigenvalue weighted by atomic mass is 10.1. The Morgan fingerprint density at radius 3 is 2.35 bits per heavy atom. The molecule has 0 aliphatic carbocycles. The van der Waals surface area contributed by atoms with Crippen LogP contribution in [0.15, 0.2) is 0 Å². The van der Waals surface area contributed by atoms with Gasteiger partial charge in [-0.2, -0.15) is 13.2 Å². The number of alkyl halides is 3. The fourth-order valence-electron chi connectivity index (χ4n) is 1.00. The molecule has 3 N–H and O–H groups in total. The van der Waals surface area contributed by atoms with Crippen LogP contribution in [0.5, 0.6) is 0 Å². The average Bonchev–Trinajstić information content (AvgIpc) is 2.18. The van der Waals surface area contributed by atoms with Crippen LogP contribution < -0.4 is 10.6 Å². The highest BCUT2D eigenvalue weighted by molar-refractivity contribution is 5.78. The first-order chi connectivity index (χ1) is 7.79. The second-order valence-electron chi connectivity index (χ2n) is 3.41. The lowest BCUT2D eigenvalue weighted by Crippen LogP contribution is -2.42. The molecular formula is C9H15F3N2O3. The Hall–Kier alpha value is -1.31. The van der Waals surface area contributed by atoms with Gasteiger partial charge in [0.1, 0.15) is 0 Å². The number of aliphatic carboxylic acids is 1. The fourth-order valence-corrected chi connectivity index (χ4v) is 1.00. The minimum atomic E-state index is -4.82. The van der Waals surface area contributed by atoms with E-state index in [0.717, 1.165) is 0 Å². The molecule has 1 amide bonds. The van der Waals surface area contributed by atoms with E-state index in [0.29, 0.717) is 13.0 Å². The number of hydrogen-bond acceptors (Lipinski definition) is 3. The minimum absolute atomic E-state index is 0.333. The van der Waals surface area contributed by atoms with Crippen LogP contribution in [0.1, 0.15) is 13.3 Å². The predicted octanol–water partition coefficient (Wildman–Crippen LogP) is 0.365. The highest BCUT2D eigenvalue weighted by Gasteiger charge is 2.44. The van der Waals surface area contributed by atoms with Crippen LogP contribution in [0.4, 0.5) is 13.2 Å². The maximum absolute atomic E-state index is 12.2. The molecule has 1 atom stereocenters. The maximum atomic E-state index is 12.2. The molecule has 0 aromatic heterocycles. The molecule has 0 saturated heterocycles. The van der Waals surface area contributed by atoms with Crippen LogP contribution in [-0.4, -0.2) is 42.8 Å². The standard InChI is InChI=1S/C9H15F3N2O3/c1-2-3-14-7(15)5-13-4-6(8(16)17)9(10,11)12/h6,13H,2-5H2,1H3,(H,14,15)(H,16,17). The molecule has 5 nitrogen and oxygen atoms in total. The van der Waals surface area contributed by atoms with Crippen molar-refractivity contribution in [2.45, 2.75) is 19.5 Å². The van der Waals surface area contributed by atoms with E-state index in [-0.39, 0.29) is 6.54 Å². The summed E-state index contributed by atoms with van der Waals surface area (Å²) in [6.07, 6.45) is -4.11. The van der Waals surface area contributed by atoms with E-state index in [4.69, 9.17) is 5.11 Å². The van der Waals surface area contributed by atoms with Gasteiger partial charge in [-0.1, -0.05) is 6.92 Å². The van der Waals surface area contributed by atoms with Crippen LogP contribution in [0, 0.1) is 5.92 Å². The Morgan fingerprint density at radius 1 is 1.35 bits per heavy atom. The van der Waals surface area contributed by atoms with Gasteiger partial charge in [0.15, 0.2) is 5.92 Å². The summed E-state index contributed by atoms with van der Waals surface area (Å²) in [5, 5.41) is 13.0. The third kappa shape index (κ3) is 6.77. The van der Waals surface area contributed by atoms with E-state index >= 15 is 0 Å². The van der Waals surface area contributed by atoms with Crippen molar-refractivity contribution in [3.8, 4) is 0 Å². The quantitative estimate of drug-likeness (QED) is 0.614. The zero-order chi connectivity index (χ0) is 13.5. The van der Waals surface area contributed by atoms with E-state index in [1.54, 1.807) is 0 Å². The predicted molar refractivity (Wildman–Crippen MR) is 53.4 cm³/mol. The Labute approximate surface area is 96.4 Å². The zero-order valence-electron chi connectivity index (χ0n) is 9.30. The molecule has 17 heavy (non-hydrogen) atoms. The fraction of sp³-hybridized carbons (Fsp3) is 0.778. The smallest absolute Gasteiger partial charge is 0.403 e. The average molecular weight is 256 g/mol. The Balaban J connectivity index is 4.00. The van der Waals surface area contributed by atoms with Crippen molar-refractivity contribution in [1.29, 1.82) is 0 Å². The van der Waals surface area contributed by atoms with Gasteiger partial charge in [0.05, 0.1) is 6.54 Å². The van der Waals surface area contributed by atoms with Crippen molar-refractivity contribution in [1.82, 2.24) is 10.6 Å². The molecule has 0 bridgehead atoms. The minimum Gasteiger partial charge on any atom is -0.481 e. The van der Waals surface area contributed by atoms with Crippen molar-refractivity contribution >= 4 is 11.9 Å². The summed E-state index contributed by atoms with van der Waals surface area (Å²) in [5.41, 5.74) is 0. The number of nitrogens with one attached hydrogen (secondary N) is 2. The molecule has 0 radical (unpaired) electrons. The van der Waals surface area contributed by atoms with Crippen molar-refractivity contribution in [2.24, 2.45) is 5.92 Å². The van der Waals surface area contributed by atoms with Gasteiger partial charge in [-0.3, -0.25) is 9.59 Å². The van der Waals surface area contributed by atoms with Gasteiger partial charge in [0.2, 0.25) is 5.91 Å². The van der Waals surface area contributed by atoms with Crippen LogP contribution in [-0.2, 0) is 9.59 Å². The van der Waals surface area contributed by atoms with Crippen LogP contribution in [0.25, 0.3) is 0 Å². The Morgan fingerprint density at radius 2 is 1.94 bits per heavy atom. The summed E-state index contributed by atoms with van der Waals surface area (Å²) in [5.74, 6) is -4.92. The second kappa shape index (κ2) is 7.10. The number of halogens is 3. The molecule has 0 heterocycles. The van der Waals surface area contributed by atoms with Crippen molar-refractivity contribution in [3.05, 3.63) is 0 Å². The normalized spacial score (nSPS) is 13.2. The van der Waals surface area contributed by atoms with Gasteiger partial charge in [0.25, 0.3) is 0 Å². The molecule has 100 valence electrons. The summed E-state index contributed by atoms with van der Waals surface area (Å²) in [6, 6.07) is 0. The number of hydrogen-bond donors (Lipinski definition) is 3. The van der Waals surface area contributed by atoms with Gasteiger partial charge in [0, 0.05) is 13.1 Å². The van der Waals surface area contributed by atoms with Gasteiger partial charge in [-0.15, -0.1) is 0 Å². The van der Waals surface area contributed by atoms with Crippen LogP contribution in [0.2, 0.25) is 0 Å². The van der Waals surface area contributed by atoms with Crippen LogP contribution >= 0.6 is 0 Å². The molecule has 0 spiro atoms. The van der Waals surface area contributed by atoms with Crippen molar-refractivity contribution < 1.29 is 27.9 Å². The van der Waals surface area contributed by atoms with E-state index in [9.17, 15) is 22.8 Å². The van der Waals surface area contributed by atoms with Crippen LogP contribution in [0.3, 0.4) is 0 Å². The summed E-state index contributed by atoms with van der Waals surface area (Å²) in [4.78, 5) is 21.3. The molecule has 0 saturated carbocycles. The summed E-state index contributed by atoms with van der Waals surface area (Å²) >= 11 is 0. The van der Waals surface area contributed by atoms with E-state index in [1.807, 2.05) is 6.92 Å². The number of amides is 1. The first-order valence-electron chi connectivity index (χ1n) is 5.06. The number of carboxylic acid groups (broad SMARTS) is 1. The molecule has 0 rings (SSSR count). The van der Waals surface area contributed by atoms with E-state index < -0.39 is 30.5 Å². The van der Waals surface area contributed by atoms with Gasteiger partial charge >= 0.3 is 12.1 Å². The van der Waals surface area contributed by atoms with Gasteiger partial charge in [-0.25, -0.2) is 0 Å². The summed E-state index contributed by atoms with van der Waals surface area (Å²) in [7, 11) is 0. The molecule has 0 aliphatic heterocycles. The first kappa shape index (κ1) is 15.7.